The molecule has 0 bridgehead atoms. The predicted molar refractivity (Wildman–Crippen MR) is 172 cm³/mol. The van der Waals surface area contributed by atoms with E-state index in [1.807, 2.05) is 30.3 Å². The summed E-state index contributed by atoms with van der Waals surface area (Å²) >= 11 is 0. The lowest BCUT2D eigenvalue weighted by atomic mass is 10.00. The molecule has 0 aliphatic rings. The Hall–Kier alpha value is -5.74. The van der Waals surface area contributed by atoms with E-state index in [2.05, 4.69) is 114 Å². The second kappa shape index (κ2) is 8.88. The number of benzene rings is 5. The van der Waals surface area contributed by atoms with Gasteiger partial charge in [0.25, 0.3) is 0 Å². The first-order valence-corrected chi connectivity index (χ1v) is 14.1. The average Bonchev–Trinajstić information content (AvgIpc) is 3.59. The SMILES string of the molecule is c1ccc(-c2ccc3ccc4ccc(-c5cccc(-c6c7ccccc7n7c6oc6ccccc67)c5)nc4c3n2)cc1. The van der Waals surface area contributed by atoms with Crippen LogP contribution in [0.25, 0.3) is 83.2 Å². The minimum Gasteiger partial charge on any atom is -0.438 e. The van der Waals surface area contributed by atoms with E-state index in [0.29, 0.717) is 0 Å². The third-order valence-electron chi connectivity index (χ3n) is 8.18. The van der Waals surface area contributed by atoms with Gasteiger partial charge in [-0.25, -0.2) is 9.97 Å². The average molecular weight is 538 g/mol. The van der Waals surface area contributed by atoms with E-state index in [-0.39, 0.29) is 0 Å². The fourth-order valence-corrected chi connectivity index (χ4v) is 6.20. The van der Waals surface area contributed by atoms with Crippen LogP contribution in [0, 0.1) is 0 Å². The normalized spacial score (nSPS) is 11.8. The minimum absolute atomic E-state index is 0.852. The lowest BCUT2D eigenvalue weighted by molar-refractivity contribution is 0.658. The molecule has 5 aromatic carbocycles. The minimum atomic E-state index is 0.852. The number of fused-ring (bicyclic) bond motifs is 8. The van der Waals surface area contributed by atoms with Crippen LogP contribution in [0.15, 0.2) is 144 Å². The number of hydrogen-bond acceptors (Lipinski definition) is 3. The molecule has 0 aliphatic carbocycles. The predicted octanol–water partition coefficient (Wildman–Crippen LogP) is 9.94. The molecule has 0 amide bonds. The third kappa shape index (κ3) is 3.42. The summed E-state index contributed by atoms with van der Waals surface area (Å²) in [6.07, 6.45) is 0. The van der Waals surface area contributed by atoms with E-state index in [4.69, 9.17) is 14.4 Å². The smallest absolute Gasteiger partial charge is 0.213 e. The first kappa shape index (κ1) is 23.0. The van der Waals surface area contributed by atoms with Gasteiger partial charge in [-0.1, -0.05) is 103 Å². The molecule has 9 aromatic rings. The van der Waals surface area contributed by atoms with Crippen LogP contribution in [0.3, 0.4) is 0 Å². The molecule has 42 heavy (non-hydrogen) atoms. The maximum absolute atomic E-state index is 6.46. The van der Waals surface area contributed by atoms with Gasteiger partial charge in [0, 0.05) is 27.3 Å². The van der Waals surface area contributed by atoms with Crippen molar-refractivity contribution in [1.82, 2.24) is 14.4 Å². The third-order valence-corrected chi connectivity index (χ3v) is 8.18. The molecule has 0 saturated carbocycles. The van der Waals surface area contributed by atoms with Gasteiger partial charge in [-0.2, -0.15) is 0 Å². The molecular weight excluding hydrogens is 514 g/mol. The summed E-state index contributed by atoms with van der Waals surface area (Å²) in [6.45, 7) is 0. The molecule has 0 atom stereocenters. The highest BCUT2D eigenvalue weighted by Gasteiger charge is 2.20. The molecule has 4 aromatic heterocycles. The summed E-state index contributed by atoms with van der Waals surface area (Å²) in [6, 6.07) is 48.3. The number of oxazole rings is 1. The zero-order valence-corrected chi connectivity index (χ0v) is 22.5. The highest BCUT2D eigenvalue weighted by Crippen LogP contribution is 2.40. The van der Waals surface area contributed by atoms with Crippen LogP contribution in [0.5, 0.6) is 0 Å². The lowest BCUT2D eigenvalue weighted by Gasteiger charge is -2.09. The van der Waals surface area contributed by atoms with Crippen LogP contribution in [0.1, 0.15) is 0 Å². The summed E-state index contributed by atoms with van der Waals surface area (Å²) in [7, 11) is 0. The van der Waals surface area contributed by atoms with Gasteiger partial charge in [-0.05, 0) is 42.0 Å². The topological polar surface area (TPSA) is 43.3 Å². The van der Waals surface area contributed by atoms with Crippen molar-refractivity contribution in [3.05, 3.63) is 140 Å². The molecule has 0 spiro atoms. The largest absolute Gasteiger partial charge is 0.438 e. The van der Waals surface area contributed by atoms with Gasteiger partial charge in [-0.3, -0.25) is 4.40 Å². The van der Waals surface area contributed by atoms with Gasteiger partial charge < -0.3 is 4.42 Å². The highest BCUT2D eigenvalue weighted by molar-refractivity contribution is 6.07. The molecule has 0 N–H and O–H groups in total. The molecule has 0 radical (unpaired) electrons. The van der Waals surface area contributed by atoms with Crippen LogP contribution in [0.2, 0.25) is 0 Å². The van der Waals surface area contributed by atoms with E-state index in [1.54, 1.807) is 0 Å². The second-order valence-electron chi connectivity index (χ2n) is 10.7. The number of para-hydroxylation sites is 3. The first-order valence-electron chi connectivity index (χ1n) is 14.1. The molecule has 4 heteroatoms. The van der Waals surface area contributed by atoms with Crippen molar-refractivity contribution >= 4 is 49.5 Å². The quantitative estimate of drug-likeness (QED) is 0.211. The maximum atomic E-state index is 6.46. The van der Waals surface area contributed by atoms with Crippen LogP contribution in [-0.4, -0.2) is 14.4 Å². The van der Waals surface area contributed by atoms with Crippen molar-refractivity contribution in [1.29, 1.82) is 0 Å². The number of aromatic nitrogens is 3. The van der Waals surface area contributed by atoms with E-state index in [0.717, 1.165) is 83.2 Å². The van der Waals surface area contributed by atoms with E-state index < -0.39 is 0 Å². The summed E-state index contributed by atoms with van der Waals surface area (Å²) in [4.78, 5) is 10.3. The summed E-state index contributed by atoms with van der Waals surface area (Å²) < 4.78 is 8.69. The summed E-state index contributed by atoms with van der Waals surface area (Å²) in [5, 5.41) is 3.31. The molecule has 0 aliphatic heterocycles. The van der Waals surface area contributed by atoms with Gasteiger partial charge in [0.1, 0.15) is 0 Å². The fourth-order valence-electron chi connectivity index (χ4n) is 6.20. The van der Waals surface area contributed by atoms with Gasteiger partial charge in [0.2, 0.25) is 5.71 Å². The van der Waals surface area contributed by atoms with Gasteiger partial charge in [-0.15, -0.1) is 0 Å². The van der Waals surface area contributed by atoms with E-state index >= 15 is 0 Å². The van der Waals surface area contributed by atoms with Crippen molar-refractivity contribution in [2.45, 2.75) is 0 Å². The molecule has 0 unspecified atom stereocenters. The Bertz CT molecular complexity index is 2470. The van der Waals surface area contributed by atoms with Crippen molar-refractivity contribution < 1.29 is 4.42 Å². The van der Waals surface area contributed by atoms with Crippen molar-refractivity contribution in [3.8, 4) is 33.6 Å². The van der Waals surface area contributed by atoms with Crippen LogP contribution in [-0.2, 0) is 0 Å². The molecule has 4 nitrogen and oxygen atoms in total. The Labute approximate surface area is 241 Å². The fraction of sp³-hybridized carbons (Fsp3) is 0. The Balaban J connectivity index is 1.24. The van der Waals surface area contributed by atoms with Crippen molar-refractivity contribution in [2.24, 2.45) is 0 Å². The number of rotatable bonds is 3. The zero-order valence-electron chi connectivity index (χ0n) is 22.5. The number of nitrogens with zero attached hydrogens (tertiary/aromatic N) is 3. The monoisotopic (exact) mass is 537 g/mol. The van der Waals surface area contributed by atoms with Gasteiger partial charge in [0.15, 0.2) is 5.58 Å². The first-order chi connectivity index (χ1) is 20.8. The molecule has 196 valence electrons. The van der Waals surface area contributed by atoms with E-state index in [9.17, 15) is 0 Å². The van der Waals surface area contributed by atoms with Crippen LogP contribution in [0.4, 0.5) is 0 Å². The highest BCUT2D eigenvalue weighted by atomic mass is 16.3. The Kier molecular flexibility index (Phi) is 4.87. The number of hydrogen-bond donors (Lipinski definition) is 0. The Morgan fingerprint density at radius 3 is 1.86 bits per heavy atom. The standard InChI is InChI=1S/C38H23N3O/c1-2-9-24(10-3-1)30-21-19-25-17-18-26-20-22-31(40-37(26)36(25)39-30)27-11-8-12-28(23-27)35-29-13-4-5-14-32(29)41-33-15-6-7-16-34(33)42-38(35)41/h1-23H. The lowest BCUT2D eigenvalue weighted by Crippen LogP contribution is -1.91. The van der Waals surface area contributed by atoms with Crippen LogP contribution >= 0.6 is 0 Å². The summed E-state index contributed by atoms with van der Waals surface area (Å²) in [5.74, 6) is 0. The zero-order chi connectivity index (χ0) is 27.6. The molecule has 0 fully saturated rings. The van der Waals surface area contributed by atoms with Crippen molar-refractivity contribution in [3.63, 3.8) is 0 Å². The molecule has 9 rings (SSSR count). The Morgan fingerprint density at radius 2 is 1.07 bits per heavy atom. The molecule has 4 heterocycles. The summed E-state index contributed by atoms with van der Waals surface area (Å²) in [5.41, 5.74) is 11.9. The second-order valence-corrected chi connectivity index (χ2v) is 10.7. The molecular formula is C38H23N3O. The Morgan fingerprint density at radius 1 is 0.476 bits per heavy atom. The van der Waals surface area contributed by atoms with E-state index in [1.165, 1.54) is 0 Å². The maximum Gasteiger partial charge on any atom is 0.213 e. The number of pyridine rings is 2. The van der Waals surface area contributed by atoms with Gasteiger partial charge >= 0.3 is 0 Å². The molecule has 0 saturated heterocycles. The van der Waals surface area contributed by atoms with Gasteiger partial charge in [0.05, 0.1) is 39.0 Å². The van der Waals surface area contributed by atoms with Crippen LogP contribution < -0.4 is 0 Å². The van der Waals surface area contributed by atoms with Crippen molar-refractivity contribution in [2.75, 3.05) is 0 Å².